The number of hydrogen-bond donors (Lipinski definition) is 2. The number of sulfonamides is 1. The fourth-order valence-electron chi connectivity index (χ4n) is 4.55. The third-order valence-electron chi connectivity index (χ3n) is 6.42. The molecule has 3 N–H and O–H groups in total. The minimum absolute atomic E-state index is 0.0221. The zero-order valence-corrected chi connectivity index (χ0v) is 22.0. The van der Waals surface area contributed by atoms with Crippen molar-refractivity contribution in [1.82, 2.24) is 19.5 Å². The maximum absolute atomic E-state index is 13.5. The van der Waals surface area contributed by atoms with Gasteiger partial charge in [-0.15, -0.1) is 0 Å². The molecule has 40 heavy (non-hydrogen) atoms. The summed E-state index contributed by atoms with van der Waals surface area (Å²) in [7, 11) is -2.66. The predicted molar refractivity (Wildman–Crippen MR) is 154 cm³/mol. The van der Waals surface area contributed by atoms with E-state index in [9.17, 15) is 13.2 Å². The smallest absolute Gasteiger partial charge is 0.267 e. The molecule has 11 heteroatoms. The Morgan fingerprint density at radius 1 is 0.900 bits per heavy atom. The Balaban J connectivity index is 1.44. The van der Waals surface area contributed by atoms with Crippen LogP contribution in [0.5, 0.6) is 5.88 Å². The number of methoxy groups -OCH3 is 1. The highest BCUT2D eigenvalue weighted by molar-refractivity contribution is 7.93. The van der Waals surface area contributed by atoms with E-state index in [0.29, 0.717) is 38.6 Å². The highest BCUT2D eigenvalue weighted by atomic mass is 32.2. The van der Waals surface area contributed by atoms with Crippen molar-refractivity contribution < 1.29 is 13.2 Å². The van der Waals surface area contributed by atoms with Crippen molar-refractivity contribution in [2.24, 2.45) is 0 Å². The lowest BCUT2D eigenvalue weighted by Gasteiger charge is -2.14. The van der Waals surface area contributed by atoms with Gasteiger partial charge in [-0.3, -0.25) is 14.5 Å². The molecule has 0 aliphatic carbocycles. The summed E-state index contributed by atoms with van der Waals surface area (Å²) >= 11 is 0. The van der Waals surface area contributed by atoms with Crippen molar-refractivity contribution in [2.75, 3.05) is 17.6 Å². The van der Waals surface area contributed by atoms with E-state index in [1.807, 2.05) is 18.2 Å². The van der Waals surface area contributed by atoms with Gasteiger partial charge in [0, 0.05) is 23.3 Å². The van der Waals surface area contributed by atoms with Gasteiger partial charge in [0.15, 0.2) is 0 Å². The van der Waals surface area contributed by atoms with Gasteiger partial charge in [0.1, 0.15) is 10.6 Å². The number of pyridine rings is 2. The normalized spacial score (nSPS) is 11.5. The molecule has 0 aliphatic heterocycles. The van der Waals surface area contributed by atoms with Crippen LogP contribution < -0.4 is 20.8 Å². The number of nitrogens with two attached hydrogens (primary N) is 1. The molecule has 0 fully saturated rings. The Labute approximate surface area is 228 Å². The van der Waals surface area contributed by atoms with E-state index in [0.717, 1.165) is 0 Å². The van der Waals surface area contributed by atoms with Gasteiger partial charge < -0.3 is 10.5 Å². The first-order valence-corrected chi connectivity index (χ1v) is 13.6. The van der Waals surface area contributed by atoms with E-state index in [1.54, 1.807) is 60.7 Å². The molecule has 0 atom stereocenters. The molecule has 0 aliphatic rings. The van der Waals surface area contributed by atoms with Crippen LogP contribution in [-0.4, -0.2) is 35.0 Å². The Morgan fingerprint density at radius 3 is 2.50 bits per heavy atom. The van der Waals surface area contributed by atoms with Crippen LogP contribution in [0.3, 0.4) is 0 Å². The monoisotopic (exact) mass is 550 g/mol. The lowest BCUT2D eigenvalue weighted by Crippen LogP contribution is -2.23. The van der Waals surface area contributed by atoms with E-state index in [-0.39, 0.29) is 28.0 Å². The molecule has 0 amide bonds. The van der Waals surface area contributed by atoms with Crippen LogP contribution >= 0.6 is 0 Å². The molecule has 10 nitrogen and oxygen atoms in total. The molecule has 6 aromatic rings. The van der Waals surface area contributed by atoms with Crippen molar-refractivity contribution in [3.63, 3.8) is 0 Å². The molecule has 0 saturated heterocycles. The quantitative estimate of drug-likeness (QED) is 0.311. The Bertz CT molecular complexity index is 2070. The minimum Gasteiger partial charge on any atom is -0.480 e. The van der Waals surface area contributed by atoms with Crippen LogP contribution in [0.4, 0.5) is 11.6 Å². The van der Waals surface area contributed by atoms with Crippen molar-refractivity contribution in [3.8, 4) is 22.7 Å². The third kappa shape index (κ3) is 4.37. The highest BCUT2D eigenvalue weighted by Crippen LogP contribution is 2.32. The van der Waals surface area contributed by atoms with Crippen LogP contribution in [0, 0.1) is 0 Å². The van der Waals surface area contributed by atoms with Gasteiger partial charge in [-0.05, 0) is 48.0 Å². The van der Waals surface area contributed by atoms with E-state index in [1.165, 1.54) is 30.1 Å². The van der Waals surface area contributed by atoms with Gasteiger partial charge in [-0.2, -0.15) is 0 Å². The summed E-state index contributed by atoms with van der Waals surface area (Å²) in [6.07, 6.45) is 3.08. The first-order valence-electron chi connectivity index (χ1n) is 12.1. The molecule has 198 valence electrons. The van der Waals surface area contributed by atoms with Gasteiger partial charge >= 0.3 is 0 Å². The topological polar surface area (TPSA) is 142 Å². The number of fused-ring (bicyclic) bond motifs is 2. The van der Waals surface area contributed by atoms with E-state index >= 15 is 0 Å². The molecule has 0 radical (unpaired) electrons. The SMILES string of the molecule is COc1ncc(-c2ccc3nc(N)n(-c4ccccc4)c(=O)c3c2)cc1NS(=O)(=O)c1cccc2cccnc12. The third-order valence-corrected chi connectivity index (χ3v) is 7.81. The van der Waals surface area contributed by atoms with Crippen LogP contribution in [0.15, 0.2) is 107 Å². The van der Waals surface area contributed by atoms with Crippen LogP contribution in [0.2, 0.25) is 0 Å². The molecule has 3 aromatic carbocycles. The summed E-state index contributed by atoms with van der Waals surface area (Å²) in [5.74, 6) is 0.157. The van der Waals surface area contributed by atoms with Crippen molar-refractivity contribution in [1.29, 1.82) is 0 Å². The molecule has 0 spiro atoms. The zero-order chi connectivity index (χ0) is 27.9. The molecule has 3 aromatic heterocycles. The van der Waals surface area contributed by atoms with Crippen molar-refractivity contribution >= 4 is 43.5 Å². The maximum Gasteiger partial charge on any atom is 0.267 e. The average molecular weight is 551 g/mol. The van der Waals surface area contributed by atoms with Crippen molar-refractivity contribution in [3.05, 3.63) is 108 Å². The lowest BCUT2D eigenvalue weighted by atomic mass is 10.0. The summed E-state index contributed by atoms with van der Waals surface area (Å²) in [6, 6.07) is 24.2. The summed E-state index contributed by atoms with van der Waals surface area (Å²) in [4.78, 5) is 26.5. The second-order valence-electron chi connectivity index (χ2n) is 8.90. The number of nitrogens with one attached hydrogen (secondary N) is 1. The average Bonchev–Trinajstić information content (AvgIpc) is 2.97. The minimum atomic E-state index is -4.06. The molecule has 0 unspecified atom stereocenters. The summed E-state index contributed by atoms with van der Waals surface area (Å²) in [5.41, 5.74) is 8.47. The van der Waals surface area contributed by atoms with E-state index in [4.69, 9.17) is 10.5 Å². The Morgan fingerprint density at radius 2 is 1.70 bits per heavy atom. The number of benzene rings is 3. The largest absolute Gasteiger partial charge is 0.480 e. The second kappa shape index (κ2) is 9.79. The highest BCUT2D eigenvalue weighted by Gasteiger charge is 2.21. The number of anilines is 2. The predicted octanol–water partition coefficient (Wildman–Crippen LogP) is 4.39. The van der Waals surface area contributed by atoms with Gasteiger partial charge in [-0.25, -0.2) is 23.0 Å². The van der Waals surface area contributed by atoms with Crippen LogP contribution in [0.25, 0.3) is 38.6 Å². The number of hydrogen-bond acceptors (Lipinski definition) is 8. The molecular weight excluding hydrogens is 528 g/mol. The standard InChI is InChI=1S/C29H22N6O4S/c1-39-27-24(34-40(37,38)25-11-5-7-18-8-6-14-31-26(18)25)16-20(17-32-27)19-12-13-23-22(15-19)28(36)35(29(30)33-23)21-9-3-2-4-10-21/h2-17,34H,1H3,(H2,30,33). The maximum atomic E-state index is 13.5. The zero-order valence-electron chi connectivity index (χ0n) is 21.1. The lowest BCUT2D eigenvalue weighted by molar-refractivity contribution is 0.400. The number of ether oxygens (including phenoxy) is 1. The fourth-order valence-corrected chi connectivity index (χ4v) is 5.78. The van der Waals surface area contributed by atoms with Crippen LogP contribution in [0.1, 0.15) is 0 Å². The first-order chi connectivity index (χ1) is 19.4. The summed E-state index contributed by atoms with van der Waals surface area (Å²) in [6.45, 7) is 0. The van der Waals surface area contributed by atoms with Gasteiger partial charge in [0.05, 0.1) is 29.2 Å². The van der Waals surface area contributed by atoms with Crippen molar-refractivity contribution in [2.45, 2.75) is 4.90 Å². The summed E-state index contributed by atoms with van der Waals surface area (Å²) in [5, 5.41) is 1.03. The molecule has 0 saturated carbocycles. The Kier molecular flexibility index (Phi) is 6.12. The number of nitrogen functional groups attached to an aromatic ring is 1. The fraction of sp³-hybridized carbons (Fsp3) is 0.0345. The number of aromatic nitrogens is 4. The van der Waals surface area contributed by atoms with Gasteiger partial charge in [0.2, 0.25) is 11.8 Å². The molecule has 6 rings (SSSR count). The number of para-hydroxylation sites is 2. The molecular formula is C29H22N6O4S. The van der Waals surface area contributed by atoms with Gasteiger partial charge in [-0.1, -0.05) is 42.5 Å². The van der Waals surface area contributed by atoms with Gasteiger partial charge in [0.25, 0.3) is 15.6 Å². The first kappa shape index (κ1) is 25.0. The molecule has 3 heterocycles. The second-order valence-corrected chi connectivity index (χ2v) is 10.5. The molecule has 0 bridgehead atoms. The summed E-state index contributed by atoms with van der Waals surface area (Å²) < 4.78 is 36.2. The Hall–Kier alpha value is -5.29. The van der Waals surface area contributed by atoms with Crippen LogP contribution in [-0.2, 0) is 10.0 Å². The number of nitrogens with zero attached hydrogens (tertiary/aromatic N) is 4. The van der Waals surface area contributed by atoms with E-state index < -0.39 is 10.0 Å². The van der Waals surface area contributed by atoms with E-state index in [2.05, 4.69) is 19.7 Å². The number of rotatable bonds is 6.